The fourth-order valence-corrected chi connectivity index (χ4v) is 11.9. The topological polar surface area (TPSA) is 225 Å². The average Bonchev–Trinajstić information content (AvgIpc) is 3.41. The number of Topliss-reactive ketones (excluding diaryl/α,β-unsaturated/α-hetero) is 3. The van der Waals surface area contributed by atoms with E-state index in [2.05, 4.69) is 0 Å². The molecule has 0 heterocycles. The Labute approximate surface area is 360 Å². The van der Waals surface area contributed by atoms with E-state index in [0.717, 1.165) is 0 Å². The Hall–Kier alpha value is -5.50. The van der Waals surface area contributed by atoms with Crippen LogP contribution in [0.2, 0.25) is 0 Å². The predicted octanol–water partition coefficient (Wildman–Crippen LogP) is 6.85. The van der Waals surface area contributed by atoms with Gasteiger partial charge in [0.15, 0.2) is 17.7 Å². The molecule has 4 aliphatic carbocycles. The summed E-state index contributed by atoms with van der Waals surface area (Å²) in [6, 6.07) is 11.1. The number of ketones is 3. The third kappa shape index (κ3) is 7.37. The lowest BCUT2D eigenvalue weighted by Crippen LogP contribution is -2.65. The third-order valence-electron chi connectivity index (χ3n) is 15.2. The molecule has 6 rings (SSSR count). The van der Waals surface area contributed by atoms with E-state index in [1.54, 1.807) is 27.7 Å². The lowest BCUT2D eigenvalue weighted by atomic mass is 9.38. The number of carboxylic acids is 2. The van der Waals surface area contributed by atoms with Crippen LogP contribution in [-0.4, -0.2) is 85.9 Å². The highest BCUT2D eigenvalue weighted by Crippen LogP contribution is 2.74. The molecule has 0 saturated heterocycles. The number of esters is 3. The number of carbonyl (C=O) groups excluding carboxylic acids is 6. The molecule has 62 heavy (non-hydrogen) atoms. The van der Waals surface area contributed by atoms with Crippen LogP contribution in [0.4, 0.5) is 0 Å². The van der Waals surface area contributed by atoms with Gasteiger partial charge in [-0.2, -0.15) is 0 Å². The first-order valence-corrected chi connectivity index (χ1v) is 20.9. The van der Waals surface area contributed by atoms with Crippen LogP contribution in [0.1, 0.15) is 142 Å². The molecule has 14 nitrogen and oxygen atoms in total. The summed E-state index contributed by atoms with van der Waals surface area (Å²) in [5.74, 6) is -8.84. The van der Waals surface area contributed by atoms with Crippen molar-refractivity contribution in [1.29, 1.82) is 0 Å². The standard InChI is InChI=1S/C48H56O14/c1-25(49)62-43(2,3)21-20-35(50)48(9,59)37-33(61-42(58)29-17-13-11-15-27(29)40(55)56)23-45(6)34-19-18-30-31(47(34,8)36(51)24-46(37,45)7)22-32(38(52)44(30,4)5)60-41(57)28-16-12-10-14-26(28)39(53)54/h10-18,31-34,37,59H,19-24H2,1-9H3,(H,53,54)(H,55,56)/t31-,32+,33-,34+,37+,45+,46-,47+,48+/m1/s1. The zero-order chi connectivity index (χ0) is 46.1. The van der Waals surface area contributed by atoms with E-state index in [1.165, 1.54) is 62.4 Å². The van der Waals surface area contributed by atoms with Gasteiger partial charge in [-0.25, -0.2) is 19.2 Å². The van der Waals surface area contributed by atoms with Gasteiger partial charge in [0.25, 0.3) is 0 Å². The van der Waals surface area contributed by atoms with Crippen LogP contribution >= 0.6 is 0 Å². The smallest absolute Gasteiger partial charge is 0.339 e. The quantitative estimate of drug-likeness (QED) is 0.113. The van der Waals surface area contributed by atoms with Gasteiger partial charge in [-0.05, 0) is 107 Å². The van der Waals surface area contributed by atoms with Crippen molar-refractivity contribution in [1.82, 2.24) is 0 Å². The third-order valence-corrected chi connectivity index (χ3v) is 15.2. The number of hydrogen-bond acceptors (Lipinski definition) is 12. The first-order chi connectivity index (χ1) is 28.6. The Morgan fingerprint density at radius 1 is 0.774 bits per heavy atom. The summed E-state index contributed by atoms with van der Waals surface area (Å²) in [5.41, 5.74) is -8.20. The number of rotatable bonds is 12. The van der Waals surface area contributed by atoms with Crippen molar-refractivity contribution in [2.75, 3.05) is 0 Å². The lowest BCUT2D eigenvalue weighted by molar-refractivity contribution is -0.185. The second kappa shape index (κ2) is 15.7. The van der Waals surface area contributed by atoms with Crippen LogP contribution in [0.15, 0.2) is 60.2 Å². The Morgan fingerprint density at radius 3 is 1.81 bits per heavy atom. The van der Waals surface area contributed by atoms with Gasteiger partial charge < -0.3 is 29.5 Å². The molecule has 0 unspecified atom stereocenters. The Morgan fingerprint density at radius 2 is 1.29 bits per heavy atom. The largest absolute Gasteiger partial charge is 0.478 e. The van der Waals surface area contributed by atoms with Gasteiger partial charge in [0.2, 0.25) is 0 Å². The Balaban J connectivity index is 1.42. The molecule has 0 aromatic heterocycles. The lowest BCUT2D eigenvalue weighted by Gasteiger charge is -2.64. The Bertz CT molecular complexity index is 2300. The number of carboxylic acid groups (broad SMARTS) is 2. The summed E-state index contributed by atoms with van der Waals surface area (Å²) in [4.78, 5) is 107. The van der Waals surface area contributed by atoms with Crippen molar-refractivity contribution in [3.05, 3.63) is 82.4 Å². The summed E-state index contributed by atoms with van der Waals surface area (Å²) in [6.07, 6.45) is -0.649. The van der Waals surface area contributed by atoms with E-state index in [9.17, 15) is 48.9 Å². The van der Waals surface area contributed by atoms with Gasteiger partial charge in [-0.1, -0.05) is 56.7 Å². The SMILES string of the molecule is CC(=O)OC(C)(C)CCC(=O)[C@](C)(O)[C@H]1[C@H](OC(=O)c2ccccc2C(=O)O)C[C@@]2(C)[C@@H]3CC=C4[C@@H](C[C@H](OC(=O)c5ccccc5C(=O)O)C(=O)C4(C)C)[C@]3(C)C(=O)C[C@]12C. The number of aliphatic hydroxyl groups is 1. The molecule has 0 spiro atoms. The highest BCUT2D eigenvalue weighted by Gasteiger charge is 2.75. The molecular formula is C48H56O14. The van der Waals surface area contributed by atoms with Crippen molar-refractivity contribution < 1.29 is 67.9 Å². The first kappa shape index (κ1) is 46.0. The molecule has 2 aromatic rings. The molecule has 3 fully saturated rings. The molecule has 0 aliphatic heterocycles. The molecule has 3 N–H and O–H groups in total. The average molecular weight is 857 g/mol. The second-order valence-electron chi connectivity index (χ2n) is 19.6. The number of hydrogen-bond donors (Lipinski definition) is 3. The zero-order valence-corrected chi connectivity index (χ0v) is 36.7. The number of allylic oxidation sites excluding steroid dienone is 2. The van der Waals surface area contributed by atoms with Crippen LogP contribution in [0.25, 0.3) is 0 Å². The number of benzene rings is 2. The Kier molecular flexibility index (Phi) is 11.6. The van der Waals surface area contributed by atoms with Gasteiger partial charge in [0.1, 0.15) is 23.1 Å². The maximum Gasteiger partial charge on any atom is 0.339 e. The van der Waals surface area contributed by atoms with E-state index < -0.39 is 104 Å². The van der Waals surface area contributed by atoms with Crippen molar-refractivity contribution in [3.63, 3.8) is 0 Å². The molecular weight excluding hydrogens is 801 g/mol. The summed E-state index contributed by atoms with van der Waals surface area (Å²) in [5, 5.41) is 32.2. The van der Waals surface area contributed by atoms with E-state index >= 15 is 4.79 Å². The van der Waals surface area contributed by atoms with Gasteiger partial charge in [0, 0.05) is 36.5 Å². The van der Waals surface area contributed by atoms with Crippen molar-refractivity contribution in [2.24, 2.45) is 39.4 Å². The highest BCUT2D eigenvalue weighted by atomic mass is 16.6. The van der Waals surface area contributed by atoms with Crippen LogP contribution < -0.4 is 0 Å². The molecule has 0 amide bonds. The predicted molar refractivity (Wildman–Crippen MR) is 221 cm³/mol. The van der Waals surface area contributed by atoms with Gasteiger partial charge in [-0.15, -0.1) is 0 Å². The second-order valence-corrected chi connectivity index (χ2v) is 19.6. The normalized spacial score (nSPS) is 30.9. The minimum atomic E-state index is -2.22. The number of carbonyl (C=O) groups is 8. The maximum atomic E-state index is 15.3. The van der Waals surface area contributed by atoms with E-state index in [0.29, 0.717) is 12.0 Å². The number of ether oxygens (including phenoxy) is 3. The van der Waals surface area contributed by atoms with Crippen LogP contribution in [0.5, 0.6) is 0 Å². The molecule has 332 valence electrons. The molecule has 14 heteroatoms. The minimum absolute atomic E-state index is 0.0513. The number of fused-ring (bicyclic) bond motifs is 5. The van der Waals surface area contributed by atoms with Crippen LogP contribution in [0, 0.1) is 39.4 Å². The van der Waals surface area contributed by atoms with Gasteiger partial charge >= 0.3 is 29.8 Å². The van der Waals surface area contributed by atoms with Crippen molar-refractivity contribution >= 4 is 47.2 Å². The fraction of sp³-hybridized carbons (Fsp3) is 0.542. The summed E-state index contributed by atoms with van der Waals surface area (Å²) < 4.78 is 17.5. The zero-order valence-electron chi connectivity index (χ0n) is 36.7. The molecule has 4 aliphatic rings. The monoisotopic (exact) mass is 856 g/mol. The molecule has 9 atom stereocenters. The highest BCUT2D eigenvalue weighted by molar-refractivity contribution is 6.04. The van der Waals surface area contributed by atoms with Crippen molar-refractivity contribution in [3.8, 4) is 0 Å². The number of aromatic carboxylic acids is 2. The van der Waals surface area contributed by atoms with E-state index in [4.69, 9.17) is 14.2 Å². The molecule has 0 radical (unpaired) electrons. The molecule has 0 bridgehead atoms. The van der Waals surface area contributed by atoms with Gasteiger partial charge in [0.05, 0.1) is 22.3 Å². The molecule has 3 saturated carbocycles. The van der Waals surface area contributed by atoms with Crippen LogP contribution in [-0.2, 0) is 33.4 Å². The summed E-state index contributed by atoms with van der Waals surface area (Å²) >= 11 is 0. The summed E-state index contributed by atoms with van der Waals surface area (Å²) in [6.45, 7) is 14.9. The fourth-order valence-electron chi connectivity index (χ4n) is 11.9. The van der Waals surface area contributed by atoms with Crippen molar-refractivity contribution in [2.45, 2.75) is 124 Å². The van der Waals surface area contributed by atoms with Gasteiger partial charge in [-0.3, -0.25) is 19.2 Å². The molecule has 2 aromatic carbocycles. The first-order valence-electron chi connectivity index (χ1n) is 20.9. The maximum absolute atomic E-state index is 15.3. The summed E-state index contributed by atoms with van der Waals surface area (Å²) in [7, 11) is 0. The minimum Gasteiger partial charge on any atom is -0.478 e. The van der Waals surface area contributed by atoms with E-state index in [-0.39, 0.29) is 60.1 Å². The van der Waals surface area contributed by atoms with E-state index in [1.807, 2.05) is 26.8 Å². The van der Waals surface area contributed by atoms with Crippen LogP contribution in [0.3, 0.4) is 0 Å².